The number of halogens is 3. The molecule has 0 radical (unpaired) electrons. The van der Waals surface area contributed by atoms with E-state index in [1.165, 1.54) is 24.4 Å². The van der Waals surface area contributed by atoms with E-state index < -0.39 is 35.7 Å². The maximum Gasteiger partial charge on any atom is 0.408 e. The Morgan fingerprint density at radius 3 is 2.58 bits per heavy atom. The molecule has 176 valence electrons. The minimum absolute atomic E-state index is 0.0730. The van der Waals surface area contributed by atoms with Crippen LogP contribution < -0.4 is 10.2 Å². The normalized spacial score (nSPS) is 15.4. The van der Waals surface area contributed by atoms with Crippen LogP contribution in [0.5, 0.6) is 0 Å². The van der Waals surface area contributed by atoms with Gasteiger partial charge in [0.2, 0.25) is 5.91 Å². The molecule has 0 spiro atoms. The number of ether oxygens (including phenoxy) is 1. The summed E-state index contributed by atoms with van der Waals surface area (Å²) in [6.07, 6.45) is -2.72. The number of carbonyl (C=O) groups excluding carboxylic acids is 2. The molecule has 3 rings (SSSR count). The molecule has 33 heavy (non-hydrogen) atoms. The lowest BCUT2D eigenvalue weighted by molar-refractivity contribution is -0.187. The second kappa shape index (κ2) is 9.25. The molecule has 1 aromatic carbocycles. The van der Waals surface area contributed by atoms with E-state index in [2.05, 4.69) is 16.9 Å². The van der Waals surface area contributed by atoms with Gasteiger partial charge in [0.1, 0.15) is 11.4 Å². The zero-order valence-corrected chi connectivity index (χ0v) is 18.6. The molecule has 0 fully saturated rings. The number of benzene rings is 1. The van der Waals surface area contributed by atoms with Crippen molar-refractivity contribution in [3.63, 3.8) is 0 Å². The first-order chi connectivity index (χ1) is 15.4. The van der Waals surface area contributed by atoms with Gasteiger partial charge in [-0.25, -0.2) is 9.78 Å². The summed E-state index contributed by atoms with van der Waals surface area (Å²) in [4.78, 5) is 31.0. The number of aromatic nitrogens is 1. The van der Waals surface area contributed by atoms with Crippen LogP contribution in [-0.2, 0) is 16.0 Å². The maximum absolute atomic E-state index is 14.4. The largest absolute Gasteiger partial charge is 0.444 e. The van der Waals surface area contributed by atoms with Crippen LogP contribution in [0.15, 0.2) is 49.2 Å². The molecular formula is C24H26F3N3O3. The molecule has 0 bridgehead atoms. The van der Waals surface area contributed by atoms with Gasteiger partial charge in [-0.2, -0.15) is 13.2 Å². The van der Waals surface area contributed by atoms with Crippen LogP contribution in [0.4, 0.5) is 23.8 Å². The Morgan fingerprint density at radius 1 is 1.21 bits per heavy atom. The number of hydrogen-bond acceptors (Lipinski definition) is 4. The Kier molecular flexibility index (Phi) is 6.81. The van der Waals surface area contributed by atoms with E-state index in [1.54, 1.807) is 45.0 Å². The van der Waals surface area contributed by atoms with Crippen molar-refractivity contribution in [1.82, 2.24) is 10.3 Å². The predicted octanol–water partition coefficient (Wildman–Crippen LogP) is 5.06. The molecule has 0 saturated carbocycles. The van der Waals surface area contributed by atoms with E-state index in [4.69, 9.17) is 4.74 Å². The van der Waals surface area contributed by atoms with Crippen molar-refractivity contribution in [2.24, 2.45) is 5.92 Å². The third-order valence-electron chi connectivity index (χ3n) is 5.12. The molecule has 1 aliphatic heterocycles. The lowest BCUT2D eigenvalue weighted by Gasteiger charge is -2.32. The van der Waals surface area contributed by atoms with Crippen molar-refractivity contribution in [3.05, 3.63) is 65.9 Å². The van der Waals surface area contributed by atoms with Crippen LogP contribution in [0.1, 0.15) is 43.5 Å². The number of alkyl halides is 3. The standard InChI is InChI=1S/C24H26F3N3O3/c1-5-15-8-6-9-17(14-15)19(29-22(32)33-23(2,3)4)18(24(25,26)27)21(31)30-13-11-16-10-7-12-28-20(16)30/h5-10,12,14,18-19H,1,11,13H2,2-4H3,(H,29,32)/t18-,19?/m0/s1. The molecule has 1 unspecified atom stereocenters. The van der Waals surface area contributed by atoms with Crippen molar-refractivity contribution >= 4 is 23.9 Å². The fourth-order valence-electron chi connectivity index (χ4n) is 3.73. The van der Waals surface area contributed by atoms with Crippen molar-refractivity contribution < 1.29 is 27.5 Å². The summed E-state index contributed by atoms with van der Waals surface area (Å²) in [6.45, 7) is 8.50. The first kappa shape index (κ1) is 24.3. The summed E-state index contributed by atoms with van der Waals surface area (Å²) in [5, 5.41) is 2.29. The van der Waals surface area contributed by atoms with E-state index in [1.807, 2.05) is 0 Å². The lowest BCUT2D eigenvalue weighted by Crippen LogP contribution is -2.50. The number of hydrogen-bond donors (Lipinski definition) is 1. The number of carbonyl (C=O) groups is 2. The van der Waals surface area contributed by atoms with Crippen LogP contribution in [0.3, 0.4) is 0 Å². The highest BCUT2D eigenvalue weighted by Crippen LogP contribution is 2.40. The third kappa shape index (κ3) is 5.71. The van der Waals surface area contributed by atoms with Gasteiger partial charge in [-0.15, -0.1) is 0 Å². The second-order valence-corrected chi connectivity index (χ2v) is 8.74. The Bertz CT molecular complexity index is 1050. The van der Waals surface area contributed by atoms with Gasteiger partial charge in [-0.05, 0) is 56.0 Å². The van der Waals surface area contributed by atoms with E-state index in [-0.39, 0.29) is 17.9 Å². The molecule has 1 aromatic heterocycles. The average molecular weight is 461 g/mol. The van der Waals surface area contributed by atoms with Gasteiger partial charge >= 0.3 is 12.3 Å². The third-order valence-corrected chi connectivity index (χ3v) is 5.12. The maximum atomic E-state index is 14.4. The van der Waals surface area contributed by atoms with E-state index in [9.17, 15) is 22.8 Å². The van der Waals surface area contributed by atoms with Gasteiger partial charge in [0.25, 0.3) is 0 Å². The molecular weight excluding hydrogens is 435 g/mol. The first-order valence-electron chi connectivity index (χ1n) is 10.4. The van der Waals surface area contributed by atoms with Crippen molar-refractivity contribution in [2.45, 2.75) is 45.0 Å². The molecule has 9 heteroatoms. The molecule has 2 amide bonds. The summed E-state index contributed by atoms with van der Waals surface area (Å²) in [5.74, 6) is -3.55. The first-order valence-corrected chi connectivity index (χ1v) is 10.4. The van der Waals surface area contributed by atoms with Gasteiger partial charge < -0.3 is 10.1 Å². The fourth-order valence-corrected chi connectivity index (χ4v) is 3.73. The van der Waals surface area contributed by atoms with Gasteiger partial charge in [0, 0.05) is 12.7 Å². The number of fused-ring (bicyclic) bond motifs is 1. The van der Waals surface area contributed by atoms with E-state index in [0.717, 1.165) is 4.90 Å². The average Bonchev–Trinajstić information content (AvgIpc) is 3.15. The minimum atomic E-state index is -4.96. The van der Waals surface area contributed by atoms with Crippen LogP contribution in [-0.4, -0.2) is 35.3 Å². The molecule has 2 heterocycles. The number of anilines is 1. The van der Waals surface area contributed by atoms with Gasteiger partial charge in [-0.1, -0.05) is 36.9 Å². The SMILES string of the molecule is C=Cc1cccc(C(NC(=O)OC(C)(C)C)[C@@H](C(=O)N2CCc3cccnc32)C(F)(F)F)c1. The highest BCUT2D eigenvalue weighted by Gasteiger charge is 2.53. The Balaban J connectivity index is 2.05. The van der Waals surface area contributed by atoms with Gasteiger partial charge in [-0.3, -0.25) is 9.69 Å². The molecule has 0 saturated heterocycles. The van der Waals surface area contributed by atoms with Crippen LogP contribution >= 0.6 is 0 Å². The summed E-state index contributed by atoms with van der Waals surface area (Å²) in [7, 11) is 0. The number of nitrogens with zero attached hydrogens (tertiary/aromatic N) is 2. The van der Waals surface area contributed by atoms with Gasteiger partial charge in [0.05, 0.1) is 6.04 Å². The zero-order chi connectivity index (χ0) is 24.4. The predicted molar refractivity (Wildman–Crippen MR) is 118 cm³/mol. The highest BCUT2D eigenvalue weighted by molar-refractivity contribution is 5.97. The monoisotopic (exact) mass is 461 g/mol. The summed E-state index contributed by atoms with van der Waals surface area (Å²) in [5.41, 5.74) is 0.407. The van der Waals surface area contributed by atoms with Crippen LogP contribution in [0.25, 0.3) is 6.08 Å². The second-order valence-electron chi connectivity index (χ2n) is 8.74. The zero-order valence-electron chi connectivity index (χ0n) is 18.6. The van der Waals surface area contributed by atoms with Crippen LogP contribution in [0, 0.1) is 5.92 Å². The highest BCUT2D eigenvalue weighted by atomic mass is 19.4. The number of nitrogens with one attached hydrogen (secondary N) is 1. The molecule has 2 aromatic rings. The summed E-state index contributed by atoms with van der Waals surface area (Å²) in [6, 6.07) is 7.76. The minimum Gasteiger partial charge on any atom is -0.444 e. The number of pyridine rings is 1. The number of amides is 2. The fraction of sp³-hybridized carbons (Fsp3) is 0.375. The topological polar surface area (TPSA) is 71.5 Å². The summed E-state index contributed by atoms with van der Waals surface area (Å²) < 4.78 is 48.5. The van der Waals surface area contributed by atoms with Gasteiger partial charge in [0.15, 0.2) is 5.92 Å². The lowest BCUT2D eigenvalue weighted by atomic mass is 9.90. The van der Waals surface area contributed by atoms with Crippen molar-refractivity contribution in [3.8, 4) is 0 Å². The Labute approximate surface area is 190 Å². The Morgan fingerprint density at radius 2 is 1.94 bits per heavy atom. The molecule has 0 aliphatic carbocycles. The Hall–Kier alpha value is -3.36. The number of alkyl carbamates (subject to hydrolysis) is 1. The molecule has 1 aliphatic rings. The van der Waals surface area contributed by atoms with E-state index >= 15 is 0 Å². The molecule has 2 atom stereocenters. The number of rotatable bonds is 5. The smallest absolute Gasteiger partial charge is 0.408 e. The van der Waals surface area contributed by atoms with Crippen molar-refractivity contribution in [2.75, 3.05) is 11.4 Å². The van der Waals surface area contributed by atoms with Crippen LogP contribution in [0.2, 0.25) is 0 Å². The molecule has 1 N–H and O–H groups in total. The quantitative estimate of drug-likeness (QED) is 0.676. The van der Waals surface area contributed by atoms with Crippen molar-refractivity contribution in [1.29, 1.82) is 0 Å². The molecule has 6 nitrogen and oxygen atoms in total. The van der Waals surface area contributed by atoms with E-state index in [0.29, 0.717) is 17.5 Å². The summed E-state index contributed by atoms with van der Waals surface area (Å²) >= 11 is 0.